The predicted molar refractivity (Wildman–Crippen MR) is 138 cm³/mol. The van der Waals surface area contributed by atoms with Gasteiger partial charge in [-0.25, -0.2) is 0 Å². The third-order valence-corrected chi connectivity index (χ3v) is 6.19. The number of methoxy groups -OCH3 is 1. The summed E-state index contributed by atoms with van der Waals surface area (Å²) in [5.74, 6) is -0.109. The van der Waals surface area contributed by atoms with Gasteiger partial charge in [0.25, 0.3) is 5.91 Å². The van der Waals surface area contributed by atoms with E-state index in [9.17, 15) is 18.0 Å². The lowest BCUT2D eigenvalue weighted by molar-refractivity contribution is -0.137. The van der Waals surface area contributed by atoms with Crippen molar-refractivity contribution in [1.29, 1.82) is 0 Å². The number of ether oxygens (including phenoxy) is 1. The van der Waals surface area contributed by atoms with Crippen molar-refractivity contribution in [3.8, 4) is 11.1 Å². The number of amides is 1. The van der Waals surface area contributed by atoms with Crippen molar-refractivity contribution in [3.05, 3.63) is 120 Å². The summed E-state index contributed by atoms with van der Waals surface area (Å²) in [5.41, 5.74) is 3.39. The molecule has 0 aliphatic carbocycles. The molecule has 4 nitrogen and oxygen atoms in total. The summed E-state index contributed by atoms with van der Waals surface area (Å²) in [6, 6.07) is 26.5. The van der Waals surface area contributed by atoms with Crippen molar-refractivity contribution in [2.24, 2.45) is 0 Å². The molecule has 37 heavy (non-hydrogen) atoms. The number of nitrogens with zero attached hydrogens (tertiary/aromatic N) is 2. The minimum atomic E-state index is -4.39. The Kier molecular flexibility index (Phi) is 8.46. The topological polar surface area (TPSA) is 34.5 Å². The third-order valence-electron chi connectivity index (χ3n) is 6.19. The zero-order valence-electron chi connectivity index (χ0n) is 20.6. The van der Waals surface area contributed by atoms with Crippen LogP contribution in [0.25, 0.3) is 11.1 Å². The van der Waals surface area contributed by atoms with E-state index in [2.05, 4.69) is 0 Å². The maximum Gasteiger partial charge on any atom is 0.416 e. The number of hydrogen-bond donors (Lipinski definition) is 0. The van der Waals surface area contributed by atoms with Crippen LogP contribution >= 0.6 is 0 Å². The summed E-state index contributed by atoms with van der Waals surface area (Å²) in [6.45, 7) is 1.61. The number of hydrogen-bond acceptors (Lipinski definition) is 2. The van der Waals surface area contributed by atoms with E-state index >= 15 is 0 Å². The van der Waals surface area contributed by atoms with Gasteiger partial charge < -0.3 is 14.2 Å². The monoisotopic (exact) mass is 506 g/mol. The first-order valence-corrected chi connectivity index (χ1v) is 12.1. The van der Waals surface area contributed by atoms with E-state index in [0.717, 1.165) is 22.9 Å². The first-order valence-electron chi connectivity index (χ1n) is 12.1. The van der Waals surface area contributed by atoms with Crippen molar-refractivity contribution in [3.63, 3.8) is 0 Å². The molecule has 7 heteroatoms. The molecule has 0 saturated carbocycles. The van der Waals surface area contributed by atoms with Crippen LogP contribution < -0.4 is 0 Å². The maximum atomic E-state index is 13.5. The van der Waals surface area contributed by atoms with E-state index in [0.29, 0.717) is 37.2 Å². The van der Waals surface area contributed by atoms with Crippen LogP contribution in [0.1, 0.15) is 33.6 Å². The number of halogens is 3. The molecule has 0 aliphatic rings. The van der Waals surface area contributed by atoms with E-state index in [1.54, 1.807) is 18.1 Å². The van der Waals surface area contributed by atoms with Gasteiger partial charge in [0, 0.05) is 44.3 Å². The highest BCUT2D eigenvalue weighted by atomic mass is 19.4. The van der Waals surface area contributed by atoms with Gasteiger partial charge in [-0.2, -0.15) is 13.2 Å². The SMILES string of the molecule is COCCCN(Cc1cccn1Cc1cccc(C(F)(F)F)c1)C(=O)c1ccc(-c2ccccc2)cc1. The fourth-order valence-electron chi connectivity index (χ4n) is 4.26. The molecule has 0 N–H and O–H groups in total. The highest BCUT2D eigenvalue weighted by molar-refractivity contribution is 5.94. The lowest BCUT2D eigenvalue weighted by atomic mass is 10.0. The molecule has 0 unspecified atom stereocenters. The largest absolute Gasteiger partial charge is 0.416 e. The van der Waals surface area contributed by atoms with Crippen molar-refractivity contribution >= 4 is 5.91 Å². The van der Waals surface area contributed by atoms with Crippen molar-refractivity contribution < 1.29 is 22.7 Å². The summed E-state index contributed by atoms with van der Waals surface area (Å²) in [7, 11) is 1.62. The number of benzene rings is 3. The normalized spacial score (nSPS) is 11.5. The van der Waals surface area contributed by atoms with Crippen LogP contribution in [-0.2, 0) is 24.0 Å². The molecular weight excluding hydrogens is 477 g/mol. The first kappa shape index (κ1) is 26.2. The first-order chi connectivity index (χ1) is 17.8. The zero-order chi connectivity index (χ0) is 26.3. The second-order valence-electron chi connectivity index (χ2n) is 8.84. The van der Waals surface area contributed by atoms with Gasteiger partial charge in [-0.3, -0.25) is 4.79 Å². The fourth-order valence-corrected chi connectivity index (χ4v) is 4.26. The molecule has 1 heterocycles. The van der Waals surface area contributed by atoms with Crippen molar-refractivity contribution in [2.45, 2.75) is 25.7 Å². The highest BCUT2D eigenvalue weighted by Gasteiger charge is 2.30. The fraction of sp³-hybridized carbons (Fsp3) is 0.233. The smallest absolute Gasteiger partial charge is 0.385 e. The maximum absolute atomic E-state index is 13.5. The number of aromatic nitrogens is 1. The van der Waals surface area contributed by atoms with E-state index < -0.39 is 11.7 Å². The number of carbonyl (C=O) groups is 1. The number of alkyl halides is 3. The Bertz CT molecular complexity index is 1300. The molecule has 0 fully saturated rings. The van der Waals surface area contributed by atoms with Crippen LogP contribution in [0.15, 0.2) is 97.2 Å². The van der Waals surface area contributed by atoms with Gasteiger partial charge in [-0.1, -0.05) is 54.6 Å². The Balaban J connectivity index is 1.52. The zero-order valence-corrected chi connectivity index (χ0v) is 20.6. The molecule has 1 amide bonds. The van der Waals surface area contributed by atoms with E-state index in [1.807, 2.05) is 77.5 Å². The standard InChI is InChI=1S/C30H29F3N2O2/c1-37-19-7-18-35(29(36)26-15-13-25(14-16-26)24-9-3-2-4-10-24)22-28-12-6-17-34(28)21-23-8-5-11-27(20-23)30(31,32)33/h2-6,8-17,20H,7,18-19,21-22H2,1H3. The highest BCUT2D eigenvalue weighted by Crippen LogP contribution is 2.30. The van der Waals surface area contributed by atoms with Crippen molar-refractivity contribution in [2.75, 3.05) is 20.3 Å². The molecule has 0 aliphatic heterocycles. The summed E-state index contributed by atoms with van der Waals surface area (Å²) < 4.78 is 46.5. The average Bonchev–Trinajstić information content (AvgIpc) is 3.34. The molecule has 4 aromatic rings. The molecule has 0 bridgehead atoms. The Morgan fingerprint density at radius 1 is 0.892 bits per heavy atom. The Morgan fingerprint density at radius 2 is 1.62 bits per heavy atom. The van der Waals surface area contributed by atoms with Gasteiger partial charge in [0.2, 0.25) is 0 Å². The van der Waals surface area contributed by atoms with Crippen LogP contribution in [0.4, 0.5) is 13.2 Å². The molecular formula is C30H29F3N2O2. The molecule has 1 aromatic heterocycles. The Morgan fingerprint density at radius 3 is 2.32 bits per heavy atom. The van der Waals surface area contributed by atoms with Gasteiger partial charge in [0.15, 0.2) is 0 Å². The van der Waals surface area contributed by atoms with Gasteiger partial charge in [-0.15, -0.1) is 0 Å². The molecule has 192 valence electrons. The molecule has 0 radical (unpaired) electrons. The van der Waals surface area contributed by atoms with Crippen LogP contribution in [0.5, 0.6) is 0 Å². The minimum Gasteiger partial charge on any atom is -0.385 e. The summed E-state index contributed by atoms with van der Waals surface area (Å²) in [4.78, 5) is 15.2. The van der Waals surface area contributed by atoms with Gasteiger partial charge in [0.1, 0.15) is 0 Å². The predicted octanol–water partition coefficient (Wildman–Crippen LogP) is 6.90. The second-order valence-corrected chi connectivity index (χ2v) is 8.84. The minimum absolute atomic E-state index is 0.109. The summed E-state index contributed by atoms with van der Waals surface area (Å²) in [5, 5.41) is 0. The Hall–Kier alpha value is -3.84. The van der Waals surface area contributed by atoms with E-state index in [1.165, 1.54) is 12.1 Å². The van der Waals surface area contributed by atoms with Gasteiger partial charge in [-0.05, 0) is 59.5 Å². The molecule has 4 rings (SSSR count). The lowest BCUT2D eigenvalue weighted by Gasteiger charge is -2.24. The molecule has 3 aromatic carbocycles. The molecule has 0 atom stereocenters. The van der Waals surface area contributed by atoms with Gasteiger partial charge >= 0.3 is 6.18 Å². The van der Waals surface area contributed by atoms with E-state index in [-0.39, 0.29) is 12.5 Å². The quantitative estimate of drug-likeness (QED) is 0.219. The third kappa shape index (κ3) is 6.89. The number of carbonyl (C=O) groups excluding carboxylic acids is 1. The lowest BCUT2D eigenvalue weighted by Crippen LogP contribution is -2.33. The average molecular weight is 507 g/mol. The molecule has 0 spiro atoms. The van der Waals surface area contributed by atoms with Crippen molar-refractivity contribution in [1.82, 2.24) is 9.47 Å². The summed E-state index contributed by atoms with van der Waals surface area (Å²) >= 11 is 0. The van der Waals surface area contributed by atoms with Crippen LogP contribution in [0.2, 0.25) is 0 Å². The van der Waals surface area contributed by atoms with Crippen LogP contribution in [0.3, 0.4) is 0 Å². The van der Waals surface area contributed by atoms with Crippen LogP contribution in [-0.4, -0.2) is 35.6 Å². The Labute approximate surface area is 214 Å². The summed E-state index contributed by atoms with van der Waals surface area (Å²) in [6.07, 6.45) is -1.91. The number of rotatable bonds is 10. The van der Waals surface area contributed by atoms with E-state index in [4.69, 9.17) is 4.74 Å². The molecule has 0 saturated heterocycles. The van der Waals surface area contributed by atoms with Crippen LogP contribution in [0, 0.1) is 0 Å². The van der Waals surface area contributed by atoms with Gasteiger partial charge in [0.05, 0.1) is 12.1 Å². The second kappa shape index (κ2) is 11.9.